The second-order valence-corrected chi connectivity index (χ2v) is 9.09. The van der Waals surface area contributed by atoms with E-state index in [1.54, 1.807) is 18.5 Å². The molecule has 0 amide bonds. The lowest BCUT2D eigenvalue weighted by Crippen LogP contribution is -2.31. The normalized spacial score (nSPS) is 17.9. The van der Waals surface area contributed by atoms with Gasteiger partial charge in [0.2, 0.25) is 11.6 Å². The third-order valence-corrected chi connectivity index (χ3v) is 6.03. The highest BCUT2D eigenvalue weighted by Gasteiger charge is 2.31. The highest BCUT2D eigenvalue weighted by atomic mass is 16.5. The van der Waals surface area contributed by atoms with E-state index in [1.807, 2.05) is 33.8 Å². The molecule has 3 aromatic rings. The summed E-state index contributed by atoms with van der Waals surface area (Å²) in [6, 6.07) is 3.63. The van der Waals surface area contributed by atoms with Crippen LogP contribution >= 0.6 is 0 Å². The molecular weight excluding hydrogens is 450 g/mol. The predicted molar refractivity (Wildman–Crippen MR) is 129 cm³/mol. The molecule has 2 N–H and O–H groups in total. The van der Waals surface area contributed by atoms with Gasteiger partial charge in [0.05, 0.1) is 36.7 Å². The fraction of sp³-hybridized carbons (Fsp3) is 0.480. The standard InChI is InChI=1S/C25H31N5O5/c1-14(2)34-22-12-26-11-21(28-22)29-23-16(4)30-35-24(23)19-9-10-20(15(3)27-19)33-13-17-7-5-6-8-18(17)25(31)32/h9-12,14,17-18H,5-8,13H2,1-4H3,(H,28,29)(H,31,32)/t17?,18-/m0/s1. The number of ether oxygens (including phenoxy) is 2. The third kappa shape index (κ3) is 5.87. The summed E-state index contributed by atoms with van der Waals surface area (Å²) in [5, 5.41) is 16.8. The molecule has 1 saturated carbocycles. The van der Waals surface area contributed by atoms with E-state index < -0.39 is 5.97 Å². The van der Waals surface area contributed by atoms with E-state index in [-0.39, 0.29) is 17.9 Å². The Morgan fingerprint density at radius 3 is 2.71 bits per heavy atom. The Kier molecular flexibility index (Phi) is 7.48. The Labute approximate surface area is 204 Å². The number of pyridine rings is 1. The number of hydrogen-bond acceptors (Lipinski definition) is 9. The van der Waals surface area contributed by atoms with Crippen molar-refractivity contribution in [1.29, 1.82) is 0 Å². The summed E-state index contributed by atoms with van der Waals surface area (Å²) in [4.78, 5) is 24.8. The van der Waals surface area contributed by atoms with E-state index >= 15 is 0 Å². The van der Waals surface area contributed by atoms with Crippen LogP contribution in [-0.2, 0) is 4.79 Å². The van der Waals surface area contributed by atoms with Gasteiger partial charge >= 0.3 is 5.97 Å². The summed E-state index contributed by atoms with van der Waals surface area (Å²) >= 11 is 0. The molecule has 0 bridgehead atoms. The SMILES string of the molecule is Cc1nc(-c2onc(C)c2Nc2cncc(OC(C)C)n2)ccc1OCC1CCCC[C@@H]1C(=O)O. The zero-order valence-corrected chi connectivity index (χ0v) is 20.4. The topological polar surface area (TPSA) is 132 Å². The number of nitrogens with one attached hydrogen (secondary N) is 1. The van der Waals surface area contributed by atoms with Crippen molar-refractivity contribution in [2.75, 3.05) is 11.9 Å². The Hall–Kier alpha value is -3.69. The molecule has 1 unspecified atom stereocenters. The largest absolute Gasteiger partial charge is 0.491 e. The van der Waals surface area contributed by atoms with Gasteiger partial charge in [0.25, 0.3) is 0 Å². The molecule has 1 aliphatic carbocycles. The van der Waals surface area contributed by atoms with Crippen LogP contribution in [0.4, 0.5) is 11.5 Å². The number of carbonyl (C=O) groups is 1. The molecule has 0 saturated heterocycles. The number of carboxylic acid groups (broad SMARTS) is 1. The molecule has 186 valence electrons. The minimum atomic E-state index is -0.741. The molecule has 0 spiro atoms. The number of carboxylic acids is 1. The number of anilines is 2. The van der Waals surface area contributed by atoms with Gasteiger partial charge in [-0.05, 0) is 52.7 Å². The summed E-state index contributed by atoms with van der Waals surface area (Å²) in [7, 11) is 0. The molecule has 3 heterocycles. The number of aliphatic carboxylic acids is 1. The molecule has 4 rings (SSSR count). The molecule has 0 aromatic carbocycles. The third-order valence-electron chi connectivity index (χ3n) is 6.03. The molecule has 1 fully saturated rings. The second kappa shape index (κ2) is 10.7. The van der Waals surface area contributed by atoms with Crippen molar-refractivity contribution in [3.05, 3.63) is 35.9 Å². The molecule has 2 atom stereocenters. The highest BCUT2D eigenvalue weighted by molar-refractivity contribution is 5.76. The zero-order chi connectivity index (χ0) is 24.9. The second-order valence-electron chi connectivity index (χ2n) is 9.09. The minimum Gasteiger partial charge on any atom is -0.491 e. The van der Waals surface area contributed by atoms with Crippen LogP contribution in [0.2, 0.25) is 0 Å². The molecular formula is C25H31N5O5. The molecule has 35 heavy (non-hydrogen) atoms. The first kappa shape index (κ1) is 24.4. The van der Waals surface area contributed by atoms with Crippen LogP contribution in [0.25, 0.3) is 11.5 Å². The molecule has 0 radical (unpaired) electrons. The van der Waals surface area contributed by atoms with Gasteiger partial charge in [0.1, 0.15) is 22.8 Å². The molecule has 10 nitrogen and oxygen atoms in total. The first-order valence-electron chi connectivity index (χ1n) is 11.9. The van der Waals surface area contributed by atoms with Crippen molar-refractivity contribution in [3.8, 4) is 23.1 Å². The van der Waals surface area contributed by atoms with Gasteiger partial charge in [-0.15, -0.1) is 0 Å². The predicted octanol–water partition coefficient (Wildman–Crippen LogP) is 4.94. The maximum absolute atomic E-state index is 11.6. The van der Waals surface area contributed by atoms with Gasteiger partial charge < -0.3 is 24.4 Å². The fourth-order valence-corrected chi connectivity index (χ4v) is 4.28. The minimum absolute atomic E-state index is 0.00426. The molecule has 3 aromatic heterocycles. The fourth-order valence-electron chi connectivity index (χ4n) is 4.28. The Morgan fingerprint density at radius 1 is 1.17 bits per heavy atom. The first-order chi connectivity index (χ1) is 16.8. The van der Waals surface area contributed by atoms with Crippen LogP contribution in [0.1, 0.15) is 50.9 Å². The van der Waals surface area contributed by atoms with Crippen LogP contribution in [0, 0.1) is 25.7 Å². The maximum Gasteiger partial charge on any atom is 0.306 e. The van der Waals surface area contributed by atoms with Crippen LogP contribution in [-0.4, -0.2) is 43.9 Å². The zero-order valence-electron chi connectivity index (χ0n) is 20.4. The molecule has 0 aliphatic heterocycles. The summed E-state index contributed by atoms with van der Waals surface area (Å²) < 4.78 is 17.2. The van der Waals surface area contributed by atoms with Crippen molar-refractivity contribution in [2.24, 2.45) is 11.8 Å². The van der Waals surface area contributed by atoms with Crippen LogP contribution < -0.4 is 14.8 Å². The smallest absolute Gasteiger partial charge is 0.306 e. The number of rotatable bonds is 9. The van der Waals surface area contributed by atoms with Gasteiger partial charge in [0, 0.05) is 5.92 Å². The Morgan fingerprint density at radius 2 is 1.97 bits per heavy atom. The van der Waals surface area contributed by atoms with Crippen molar-refractivity contribution in [2.45, 2.75) is 59.5 Å². The lowest BCUT2D eigenvalue weighted by molar-refractivity contribution is -0.145. The molecule has 1 aliphatic rings. The average Bonchev–Trinajstić information content (AvgIpc) is 3.18. The lowest BCUT2D eigenvalue weighted by atomic mass is 9.80. The van der Waals surface area contributed by atoms with E-state index in [0.29, 0.717) is 59.0 Å². The van der Waals surface area contributed by atoms with Crippen molar-refractivity contribution < 1.29 is 23.9 Å². The number of nitrogens with zero attached hydrogens (tertiary/aromatic N) is 4. The van der Waals surface area contributed by atoms with E-state index in [4.69, 9.17) is 14.0 Å². The first-order valence-corrected chi connectivity index (χ1v) is 11.9. The maximum atomic E-state index is 11.6. The van der Waals surface area contributed by atoms with Gasteiger partial charge in [-0.1, -0.05) is 18.0 Å². The summed E-state index contributed by atoms with van der Waals surface area (Å²) in [5.74, 6) is 0.910. The monoisotopic (exact) mass is 481 g/mol. The quantitative estimate of drug-likeness (QED) is 0.433. The average molecular weight is 482 g/mol. The lowest BCUT2D eigenvalue weighted by Gasteiger charge is -2.28. The van der Waals surface area contributed by atoms with E-state index in [2.05, 4.69) is 25.4 Å². The van der Waals surface area contributed by atoms with Crippen LogP contribution in [0.3, 0.4) is 0 Å². The van der Waals surface area contributed by atoms with E-state index in [0.717, 1.165) is 19.3 Å². The highest BCUT2D eigenvalue weighted by Crippen LogP contribution is 2.34. The van der Waals surface area contributed by atoms with Gasteiger partial charge in [-0.25, -0.2) is 4.98 Å². The van der Waals surface area contributed by atoms with Crippen molar-refractivity contribution in [3.63, 3.8) is 0 Å². The van der Waals surface area contributed by atoms with Crippen molar-refractivity contribution >= 4 is 17.5 Å². The summed E-state index contributed by atoms with van der Waals surface area (Å²) in [6.07, 6.45) is 6.68. The Bertz CT molecular complexity index is 1180. The summed E-state index contributed by atoms with van der Waals surface area (Å²) in [5.41, 5.74) is 2.54. The van der Waals surface area contributed by atoms with Crippen molar-refractivity contribution in [1.82, 2.24) is 20.1 Å². The van der Waals surface area contributed by atoms with Crippen LogP contribution in [0.5, 0.6) is 11.6 Å². The van der Waals surface area contributed by atoms with Gasteiger partial charge in [-0.2, -0.15) is 4.98 Å². The van der Waals surface area contributed by atoms with Gasteiger partial charge in [0.15, 0.2) is 5.82 Å². The number of aryl methyl sites for hydroxylation is 2. The summed E-state index contributed by atoms with van der Waals surface area (Å²) in [6.45, 7) is 7.88. The Balaban J connectivity index is 1.50. The number of aromatic nitrogens is 4. The van der Waals surface area contributed by atoms with E-state index in [9.17, 15) is 9.90 Å². The van der Waals surface area contributed by atoms with Gasteiger partial charge in [-0.3, -0.25) is 9.78 Å². The molecule has 10 heteroatoms. The van der Waals surface area contributed by atoms with Crippen LogP contribution in [0.15, 0.2) is 29.0 Å². The number of hydrogen-bond donors (Lipinski definition) is 2. The van der Waals surface area contributed by atoms with E-state index in [1.165, 1.54) is 0 Å².